The van der Waals surface area contributed by atoms with Gasteiger partial charge in [-0.3, -0.25) is 4.90 Å². The Morgan fingerprint density at radius 3 is 2.54 bits per heavy atom. The Morgan fingerprint density at radius 1 is 1.04 bits per heavy atom. The minimum atomic E-state index is 0.247. The number of hydrogen-bond acceptors (Lipinski definition) is 5. The minimum Gasteiger partial charge on any atom is -0.493 e. The van der Waals surface area contributed by atoms with E-state index in [-0.39, 0.29) is 5.41 Å². The first-order valence-electron chi connectivity index (χ1n) is 9.92. The van der Waals surface area contributed by atoms with Crippen LogP contribution in [0.15, 0.2) is 18.2 Å². The highest BCUT2D eigenvalue weighted by molar-refractivity contribution is 5.46. The molecular weight excluding hydrogens is 328 g/mol. The molecule has 144 valence electrons. The Kier molecular flexibility index (Phi) is 5.13. The SMILES string of the molecule is COc1ccc(C23CCC(N4CCOCC4)CC2N(C)CC3)cc1OC. The molecule has 0 N–H and O–H groups in total. The molecule has 0 bridgehead atoms. The lowest BCUT2D eigenvalue weighted by Crippen LogP contribution is -2.53. The van der Waals surface area contributed by atoms with E-state index >= 15 is 0 Å². The fourth-order valence-corrected chi connectivity index (χ4v) is 5.52. The smallest absolute Gasteiger partial charge is 0.161 e. The van der Waals surface area contributed by atoms with Crippen molar-refractivity contribution >= 4 is 0 Å². The highest BCUT2D eigenvalue weighted by atomic mass is 16.5. The maximum absolute atomic E-state index is 5.60. The van der Waals surface area contributed by atoms with Gasteiger partial charge in [0.1, 0.15) is 0 Å². The van der Waals surface area contributed by atoms with Crippen LogP contribution in [0.1, 0.15) is 31.2 Å². The maximum Gasteiger partial charge on any atom is 0.161 e. The Labute approximate surface area is 157 Å². The quantitative estimate of drug-likeness (QED) is 0.824. The molecule has 1 aromatic rings. The van der Waals surface area contributed by atoms with Gasteiger partial charge in [-0.25, -0.2) is 0 Å². The first-order valence-corrected chi connectivity index (χ1v) is 9.92. The third-order valence-corrected chi connectivity index (χ3v) is 7.02. The molecule has 1 aliphatic carbocycles. The van der Waals surface area contributed by atoms with Gasteiger partial charge in [0.25, 0.3) is 0 Å². The van der Waals surface area contributed by atoms with E-state index in [0.29, 0.717) is 12.1 Å². The number of methoxy groups -OCH3 is 2. The lowest BCUT2D eigenvalue weighted by atomic mass is 9.64. The lowest BCUT2D eigenvalue weighted by Gasteiger charge is -2.48. The number of likely N-dealkylation sites (tertiary alicyclic amines) is 1. The average Bonchev–Trinajstić information content (AvgIpc) is 3.05. The summed E-state index contributed by atoms with van der Waals surface area (Å²) >= 11 is 0. The van der Waals surface area contributed by atoms with Crippen LogP contribution in [0, 0.1) is 0 Å². The highest BCUT2D eigenvalue weighted by Gasteiger charge is 2.51. The predicted molar refractivity (Wildman–Crippen MR) is 102 cm³/mol. The fourth-order valence-electron chi connectivity index (χ4n) is 5.52. The zero-order valence-electron chi connectivity index (χ0n) is 16.4. The predicted octanol–water partition coefficient (Wildman–Crippen LogP) is 2.53. The summed E-state index contributed by atoms with van der Waals surface area (Å²) in [7, 11) is 5.73. The van der Waals surface area contributed by atoms with E-state index in [0.717, 1.165) is 37.8 Å². The number of benzene rings is 1. The molecule has 2 aliphatic heterocycles. The van der Waals surface area contributed by atoms with Crippen LogP contribution < -0.4 is 9.47 Å². The number of morpholine rings is 1. The van der Waals surface area contributed by atoms with E-state index in [1.54, 1.807) is 14.2 Å². The first-order chi connectivity index (χ1) is 12.7. The van der Waals surface area contributed by atoms with Crippen molar-refractivity contribution in [1.29, 1.82) is 0 Å². The van der Waals surface area contributed by atoms with Gasteiger partial charge in [-0.15, -0.1) is 0 Å². The molecule has 1 aromatic carbocycles. The van der Waals surface area contributed by atoms with Gasteiger partial charge in [-0.1, -0.05) is 6.07 Å². The molecule has 3 unspecified atom stereocenters. The molecule has 3 fully saturated rings. The van der Waals surface area contributed by atoms with Crippen molar-refractivity contribution in [2.24, 2.45) is 0 Å². The molecular formula is C21H32N2O3. The Hall–Kier alpha value is -1.30. The van der Waals surface area contributed by atoms with Crippen LogP contribution in [0.25, 0.3) is 0 Å². The Bertz CT molecular complexity index is 632. The maximum atomic E-state index is 5.60. The molecule has 4 rings (SSSR count). The summed E-state index contributed by atoms with van der Waals surface area (Å²) in [4.78, 5) is 5.25. The zero-order valence-corrected chi connectivity index (χ0v) is 16.4. The Morgan fingerprint density at radius 2 is 1.81 bits per heavy atom. The number of likely N-dealkylation sites (N-methyl/N-ethyl adjacent to an activating group) is 1. The summed E-state index contributed by atoms with van der Waals surface area (Å²) in [5, 5.41) is 0. The van der Waals surface area contributed by atoms with Crippen LogP contribution in [0.3, 0.4) is 0 Å². The fraction of sp³-hybridized carbons (Fsp3) is 0.714. The van der Waals surface area contributed by atoms with Crippen molar-refractivity contribution in [3.63, 3.8) is 0 Å². The third-order valence-electron chi connectivity index (χ3n) is 7.02. The summed E-state index contributed by atoms with van der Waals surface area (Å²) in [6, 6.07) is 7.86. The summed E-state index contributed by atoms with van der Waals surface area (Å²) < 4.78 is 16.6. The van der Waals surface area contributed by atoms with Gasteiger partial charge < -0.3 is 19.1 Å². The number of fused-ring (bicyclic) bond motifs is 1. The first kappa shape index (κ1) is 18.1. The van der Waals surface area contributed by atoms with Crippen LogP contribution in [-0.2, 0) is 10.2 Å². The second kappa shape index (κ2) is 7.37. The van der Waals surface area contributed by atoms with E-state index in [2.05, 4.69) is 35.0 Å². The van der Waals surface area contributed by atoms with E-state index in [1.807, 2.05) is 0 Å². The van der Waals surface area contributed by atoms with Crippen molar-refractivity contribution in [2.45, 2.75) is 43.2 Å². The van der Waals surface area contributed by atoms with E-state index < -0.39 is 0 Å². The average molecular weight is 360 g/mol. The van der Waals surface area contributed by atoms with Crippen molar-refractivity contribution in [2.75, 3.05) is 54.1 Å². The van der Waals surface area contributed by atoms with Crippen LogP contribution in [0.2, 0.25) is 0 Å². The normalized spacial score (nSPS) is 33.0. The monoisotopic (exact) mass is 360 g/mol. The molecule has 0 amide bonds. The summed E-state index contributed by atoms with van der Waals surface area (Å²) in [5.41, 5.74) is 1.67. The number of nitrogens with zero attached hydrogens (tertiary/aromatic N) is 2. The summed E-state index contributed by atoms with van der Waals surface area (Å²) in [6.45, 7) is 5.12. The number of hydrogen-bond donors (Lipinski definition) is 0. The van der Waals surface area contributed by atoms with E-state index in [1.165, 1.54) is 37.8 Å². The van der Waals surface area contributed by atoms with E-state index in [9.17, 15) is 0 Å². The topological polar surface area (TPSA) is 34.2 Å². The van der Waals surface area contributed by atoms with Crippen LogP contribution in [0.4, 0.5) is 0 Å². The van der Waals surface area contributed by atoms with Crippen LogP contribution in [-0.4, -0.2) is 76.0 Å². The second-order valence-corrected chi connectivity index (χ2v) is 8.05. The molecule has 2 saturated heterocycles. The third kappa shape index (κ3) is 3.00. The van der Waals surface area contributed by atoms with Crippen LogP contribution >= 0.6 is 0 Å². The van der Waals surface area contributed by atoms with Crippen molar-refractivity contribution in [3.8, 4) is 11.5 Å². The summed E-state index contributed by atoms with van der Waals surface area (Å²) in [6.07, 6.45) is 5.02. The van der Waals surface area contributed by atoms with Crippen molar-refractivity contribution in [3.05, 3.63) is 23.8 Å². The molecule has 0 radical (unpaired) electrons. The Balaban J connectivity index is 1.61. The minimum absolute atomic E-state index is 0.247. The standard InChI is InChI=1S/C21H32N2O3/c1-22-9-8-21(16-4-5-18(24-2)19(14-16)25-3)7-6-17(15-20(21)22)23-10-12-26-13-11-23/h4-5,14,17,20H,6-13,15H2,1-3H3. The summed E-state index contributed by atoms with van der Waals surface area (Å²) in [5.74, 6) is 1.67. The molecule has 26 heavy (non-hydrogen) atoms. The van der Waals surface area contributed by atoms with Crippen LogP contribution in [0.5, 0.6) is 11.5 Å². The van der Waals surface area contributed by atoms with Gasteiger partial charge in [0.15, 0.2) is 11.5 Å². The van der Waals surface area contributed by atoms with Crippen molar-refractivity contribution in [1.82, 2.24) is 9.80 Å². The molecule has 3 atom stereocenters. The van der Waals surface area contributed by atoms with E-state index in [4.69, 9.17) is 14.2 Å². The highest BCUT2D eigenvalue weighted by Crippen LogP contribution is 2.50. The molecule has 0 aromatic heterocycles. The van der Waals surface area contributed by atoms with Gasteiger partial charge in [0.05, 0.1) is 27.4 Å². The molecule has 5 nitrogen and oxygen atoms in total. The lowest BCUT2D eigenvalue weighted by molar-refractivity contribution is -0.00603. The zero-order chi connectivity index (χ0) is 18.1. The molecule has 0 spiro atoms. The molecule has 5 heteroatoms. The number of rotatable bonds is 4. The van der Waals surface area contributed by atoms with Crippen molar-refractivity contribution < 1.29 is 14.2 Å². The van der Waals surface area contributed by atoms with Gasteiger partial charge >= 0.3 is 0 Å². The number of ether oxygens (including phenoxy) is 3. The molecule has 1 saturated carbocycles. The molecule has 2 heterocycles. The largest absolute Gasteiger partial charge is 0.493 e. The van der Waals surface area contributed by atoms with Gasteiger partial charge in [0, 0.05) is 30.6 Å². The second-order valence-electron chi connectivity index (χ2n) is 8.05. The van der Waals surface area contributed by atoms with Gasteiger partial charge in [-0.2, -0.15) is 0 Å². The molecule has 3 aliphatic rings. The van der Waals surface area contributed by atoms with Gasteiger partial charge in [-0.05, 0) is 57.0 Å². The van der Waals surface area contributed by atoms with Gasteiger partial charge in [0.2, 0.25) is 0 Å².